The Labute approximate surface area is 200 Å². The van der Waals surface area contributed by atoms with E-state index >= 15 is 0 Å². The Kier molecular flexibility index (Phi) is 5.51. The number of nitrogens with one attached hydrogen (secondary N) is 1. The first-order chi connectivity index (χ1) is 16.0. The van der Waals surface area contributed by atoms with Gasteiger partial charge < -0.3 is 14.8 Å². The standard InChI is InChI=1S/C28H28N4S/c1-18-11-10-12-19(2)26(18)31-20(3)17-23(21(31)4)27-25(24-15-8-9-16-29-24)30-28(33)32(27)22-13-6-5-7-14-22/h5-17,25,27H,1-4H3,(H,30,33). The van der Waals surface area contributed by atoms with Crippen LogP contribution in [0.4, 0.5) is 5.69 Å². The number of para-hydroxylation sites is 2. The highest BCUT2D eigenvalue weighted by Crippen LogP contribution is 2.43. The molecule has 2 aromatic heterocycles. The lowest BCUT2D eigenvalue weighted by Crippen LogP contribution is -2.29. The maximum absolute atomic E-state index is 5.87. The van der Waals surface area contributed by atoms with Gasteiger partial charge in [-0.05, 0) is 86.9 Å². The number of rotatable bonds is 4. The van der Waals surface area contributed by atoms with Gasteiger partial charge in [0, 0.05) is 23.3 Å². The molecule has 2 atom stereocenters. The molecular weight excluding hydrogens is 424 g/mol. The minimum atomic E-state index is -0.0502. The zero-order valence-corrected chi connectivity index (χ0v) is 20.2. The van der Waals surface area contributed by atoms with Crippen LogP contribution >= 0.6 is 12.2 Å². The third kappa shape index (κ3) is 3.62. The summed E-state index contributed by atoms with van der Waals surface area (Å²) in [5.41, 5.74) is 9.55. The van der Waals surface area contributed by atoms with Crippen LogP contribution in [-0.4, -0.2) is 14.7 Å². The number of anilines is 1. The molecule has 0 bridgehead atoms. The number of hydrogen-bond acceptors (Lipinski definition) is 2. The van der Waals surface area contributed by atoms with Crippen molar-refractivity contribution in [3.63, 3.8) is 0 Å². The van der Waals surface area contributed by atoms with Crippen LogP contribution in [0.2, 0.25) is 0 Å². The normalized spacial score (nSPS) is 17.9. The maximum Gasteiger partial charge on any atom is 0.174 e. The van der Waals surface area contributed by atoms with E-state index in [4.69, 9.17) is 12.2 Å². The van der Waals surface area contributed by atoms with Crippen molar-refractivity contribution in [3.05, 3.63) is 113 Å². The molecule has 33 heavy (non-hydrogen) atoms. The summed E-state index contributed by atoms with van der Waals surface area (Å²) in [5.74, 6) is 0. The smallest absolute Gasteiger partial charge is 0.174 e. The number of thiocarbonyl (C=S) groups is 1. The first-order valence-corrected chi connectivity index (χ1v) is 11.7. The number of benzene rings is 2. The first-order valence-electron chi connectivity index (χ1n) is 11.3. The minimum Gasteiger partial charge on any atom is -0.351 e. The average Bonchev–Trinajstić information content (AvgIpc) is 3.31. The highest BCUT2D eigenvalue weighted by Gasteiger charge is 2.42. The molecule has 0 spiro atoms. The molecule has 2 unspecified atom stereocenters. The molecule has 0 radical (unpaired) electrons. The Morgan fingerprint density at radius 3 is 2.21 bits per heavy atom. The molecule has 1 aliphatic heterocycles. The fraction of sp³-hybridized carbons (Fsp3) is 0.214. The van der Waals surface area contributed by atoms with Crippen LogP contribution in [0.25, 0.3) is 5.69 Å². The molecule has 1 N–H and O–H groups in total. The van der Waals surface area contributed by atoms with Crippen molar-refractivity contribution >= 4 is 23.0 Å². The van der Waals surface area contributed by atoms with Crippen molar-refractivity contribution in [1.29, 1.82) is 0 Å². The number of nitrogens with zero attached hydrogens (tertiary/aromatic N) is 3. The number of pyridine rings is 1. The predicted octanol–water partition coefficient (Wildman–Crippen LogP) is 6.28. The Balaban J connectivity index is 1.71. The van der Waals surface area contributed by atoms with E-state index in [1.165, 1.54) is 33.8 Å². The third-order valence-electron chi connectivity index (χ3n) is 6.58. The summed E-state index contributed by atoms with van der Waals surface area (Å²) in [4.78, 5) is 6.93. The third-order valence-corrected chi connectivity index (χ3v) is 6.90. The van der Waals surface area contributed by atoms with Gasteiger partial charge in [0.2, 0.25) is 0 Å². The van der Waals surface area contributed by atoms with Gasteiger partial charge in [-0.15, -0.1) is 0 Å². The van der Waals surface area contributed by atoms with Crippen molar-refractivity contribution < 1.29 is 0 Å². The van der Waals surface area contributed by atoms with E-state index in [1.807, 2.05) is 24.4 Å². The van der Waals surface area contributed by atoms with E-state index in [9.17, 15) is 0 Å². The lowest BCUT2D eigenvalue weighted by molar-refractivity contribution is 0.565. The van der Waals surface area contributed by atoms with E-state index in [1.54, 1.807) is 0 Å². The molecule has 2 aromatic carbocycles. The lowest BCUT2D eigenvalue weighted by Gasteiger charge is -2.28. The van der Waals surface area contributed by atoms with E-state index in [2.05, 4.69) is 102 Å². The van der Waals surface area contributed by atoms with E-state index in [0.29, 0.717) is 0 Å². The van der Waals surface area contributed by atoms with Gasteiger partial charge in [0.1, 0.15) is 0 Å². The van der Waals surface area contributed by atoms with E-state index in [-0.39, 0.29) is 12.1 Å². The second-order valence-electron chi connectivity index (χ2n) is 8.73. The molecule has 5 heteroatoms. The number of aromatic nitrogens is 2. The van der Waals surface area contributed by atoms with Gasteiger partial charge in [-0.1, -0.05) is 42.5 Å². The lowest BCUT2D eigenvalue weighted by atomic mass is 9.96. The van der Waals surface area contributed by atoms with Crippen LogP contribution in [0.1, 0.15) is 45.9 Å². The summed E-state index contributed by atoms with van der Waals surface area (Å²) >= 11 is 5.87. The monoisotopic (exact) mass is 452 g/mol. The van der Waals surface area contributed by atoms with Crippen LogP contribution in [-0.2, 0) is 0 Å². The number of hydrogen-bond donors (Lipinski definition) is 1. The highest BCUT2D eigenvalue weighted by atomic mass is 32.1. The first kappa shape index (κ1) is 21.4. The quantitative estimate of drug-likeness (QED) is 0.369. The summed E-state index contributed by atoms with van der Waals surface area (Å²) in [6.07, 6.45) is 1.85. The van der Waals surface area contributed by atoms with Crippen LogP contribution in [0, 0.1) is 27.7 Å². The van der Waals surface area contributed by atoms with E-state index < -0.39 is 0 Å². The Morgan fingerprint density at radius 1 is 0.848 bits per heavy atom. The average molecular weight is 453 g/mol. The van der Waals surface area contributed by atoms with Crippen molar-refractivity contribution in [2.45, 2.75) is 39.8 Å². The Hall–Kier alpha value is -3.44. The minimum absolute atomic E-state index is 0.0147. The van der Waals surface area contributed by atoms with Gasteiger partial charge in [-0.2, -0.15) is 0 Å². The molecule has 5 rings (SSSR count). The summed E-state index contributed by atoms with van der Waals surface area (Å²) in [7, 11) is 0. The predicted molar refractivity (Wildman–Crippen MR) is 139 cm³/mol. The molecule has 4 aromatic rings. The van der Waals surface area contributed by atoms with Gasteiger partial charge in [0.15, 0.2) is 5.11 Å². The van der Waals surface area contributed by atoms with Gasteiger partial charge >= 0.3 is 0 Å². The van der Waals surface area contributed by atoms with Crippen molar-refractivity contribution in [2.24, 2.45) is 0 Å². The summed E-state index contributed by atoms with van der Waals surface area (Å²) in [6.45, 7) is 8.76. The second kappa shape index (κ2) is 8.49. The van der Waals surface area contributed by atoms with Crippen molar-refractivity contribution in [2.75, 3.05) is 4.90 Å². The Bertz CT molecular complexity index is 1290. The molecule has 1 fully saturated rings. The summed E-state index contributed by atoms with van der Waals surface area (Å²) in [6, 6.07) is 25.2. The second-order valence-corrected chi connectivity index (χ2v) is 9.12. The SMILES string of the molecule is Cc1cccc(C)c1-n1c(C)cc(C2C(c3ccccn3)NC(=S)N2c2ccccc2)c1C. The number of aryl methyl sites for hydroxylation is 3. The zero-order valence-electron chi connectivity index (χ0n) is 19.4. The Morgan fingerprint density at radius 2 is 1.55 bits per heavy atom. The van der Waals surface area contributed by atoms with Crippen LogP contribution in [0.5, 0.6) is 0 Å². The topological polar surface area (TPSA) is 33.1 Å². The van der Waals surface area contributed by atoms with Crippen LogP contribution in [0.3, 0.4) is 0 Å². The fourth-order valence-corrected chi connectivity index (χ4v) is 5.47. The maximum atomic E-state index is 5.87. The summed E-state index contributed by atoms with van der Waals surface area (Å²) in [5, 5.41) is 4.29. The van der Waals surface area contributed by atoms with Crippen molar-refractivity contribution in [3.8, 4) is 5.69 Å². The zero-order chi connectivity index (χ0) is 23.1. The molecule has 0 saturated carbocycles. The van der Waals surface area contributed by atoms with Gasteiger partial charge in [0.25, 0.3) is 0 Å². The molecule has 3 heterocycles. The fourth-order valence-electron chi connectivity index (χ4n) is 5.13. The van der Waals surface area contributed by atoms with E-state index in [0.717, 1.165) is 16.5 Å². The highest BCUT2D eigenvalue weighted by molar-refractivity contribution is 7.80. The van der Waals surface area contributed by atoms with Crippen LogP contribution < -0.4 is 10.2 Å². The van der Waals surface area contributed by atoms with Gasteiger partial charge in [-0.3, -0.25) is 4.98 Å². The molecule has 1 saturated heterocycles. The van der Waals surface area contributed by atoms with Gasteiger partial charge in [-0.25, -0.2) is 0 Å². The molecular formula is C28H28N4S. The van der Waals surface area contributed by atoms with Crippen LogP contribution in [0.15, 0.2) is 79.0 Å². The largest absolute Gasteiger partial charge is 0.351 e. The molecule has 4 nitrogen and oxygen atoms in total. The van der Waals surface area contributed by atoms with Crippen molar-refractivity contribution in [1.82, 2.24) is 14.9 Å². The summed E-state index contributed by atoms with van der Waals surface area (Å²) < 4.78 is 2.39. The van der Waals surface area contributed by atoms with Gasteiger partial charge in [0.05, 0.1) is 23.5 Å². The molecule has 1 aliphatic rings. The molecule has 0 aliphatic carbocycles. The molecule has 166 valence electrons. The molecule has 0 amide bonds.